The summed E-state index contributed by atoms with van der Waals surface area (Å²) in [6.07, 6.45) is 5.13. The zero-order valence-corrected chi connectivity index (χ0v) is 13.6. The van der Waals surface area contributed by atoms with Crippen molar-refractivity contribution in [3.8, 4) is 0 Å². The average molecular weight is 313 g/mol. The molecule has 2 rings (SSSR count). The van der Waals surface area contributed by atoms with E-state index in [2.05, 4.69) is 15.3 Å². The Morgan fingerprint density at radius 1 is 1.30 bits per heavy atom. The lowest BCUT2D eigenvalue weighted by Crippen LogP contribution is -2.30. The Hall–Kier alpha value is -2.27. The number of rotatable bonds is 7. The summed E-state index contributed by atoms with van der Waals surface area (Å²) in [4.78, 5) is 20.8. The molecule has 0 bridgehead atoms. The smallest absolute Gasteiger partial charge is 0.255 e. The maximum atomic E-state index is 12.6. The van der Waals surface area contributed by atoms with Crippen LogP contribution in [0.2, 0.25) is 0 Å². The predicted octanol–water partition coefficient (Wildman–Crippen LogP) is 2.59. The average Bonchev–Trinajstić information content (AvgIpc) is 2.56. The van der Waals surface area contributed by atoms with Gasteiger partial charge in [-0.3, -0.25) is 4.79 Å². The number of aliphatic hydroxyl groups is 1. The lowest BCUT2D eigenvalue weighted by Gasteiger charge is -2.19. The van der Waals surface area contributed by atoms with E-state index in [4.69, 9.17) is 0 Å². The Labute approximate surface area is 136 Å². The van der Waals surface area contributed by atoms with Gasteiger partial charge in [0.05, 0.1) is 17.3 Å². The highest BCUT2D eigenvalue weighted by Gasteiger charge is 2.18. The normalized spacial score (nSPS) is 12.0. The number of carbonyl (C=O) groups is 1. The molecule has 2 N–H and O–H groups in total. The highest BCUT2D eigenvalue weighted by Crippen LogP contribution is 2.18. The zero-order chi connectivity index (χ0) is 16.7. The van der Waals surface area contributed by atoms with Gasteiger partial charge in [0, 0.05) is 12.8 Å². The standard InChI is InChI=1S/C18H23N3O2/c1-3-4-17-15(11-19-12-20-17)18(23)21-16(9-10-22)14-7-5-13(2)6-8-14/h5-8,11-12,16,22H,3-4,9-10H2,1-2H3,(H,21,23)/t16-/m0/s1. The summed E-state index contributed by atoms with van der Waals surface area (Å²) in [6.45, 7) is 4.07. The highest BCUT2D eigenvalue weighted by molar-refractivity contribution is 5.95. The number of nitrogens with one attached hydrogen (secondary N) is 1. The van der Waals surface area contributed by atoms with E-state index in [1.807, 2.05) is 38.1 Å². The van der Waals surface area contributed by atoms with Crippen molar-refractivity contribution in [3.05, 3.63) is 59.2 Å². The molecule has 1 amide bonds. The molecule has 0 aliphatic rings. The van der Waals surface area contributed by atoms with Gasteiger partial charge in [-0.15, -0.1) is 0 Å². The van der Waals surface area contributed by atoms with E-state index in [0.29, 0.717) is 12.0 Å². The number of aromatic nitrogens is 2. The molecule has 0 saturated carbocycles. The summed E-state index contributed by atoms with van der Waals surface area (Å²) in [5.41, 5.74) is 3.40. The third-order valence-corrected chi connectivity index (χ3v) is 3.73. The Morgan fingerprint density at radius 2 is 2.04 bits per heavy atom. The molecule has 0 aliphatic heterocycles. The number of aryl methyl sites for hydroxylation is 2. The molecule has 23 heavy (non-hydrogen) atoms. The first-order valence-corrected chi connectivity index (χ1v) is 7.92. The van der Waals surface area contributed by atoms with Crippen LogP contribution in [0, 0.1) is 6.92 Å². The highest BCUT2D eigenvalue weighted by atomic mass is 16.3. The van der Waals surface area contributed by atoms with Gasteiger partial charge >= 0.3 is 0 Å². The first-order valence-electron chi connectivity index (χ1n) is 7.92. The molecule has 5 heteroatoms. The van der Waals surface area contributed by atoms with E-state index in [9.17, 15) is 9.90 Å². The van der Waals surface area contributed by atoms with Crippen LogP contribution in [0.5, 0.6) is 0 Å². The minimum atomic E-state index is -0.234. The monoisotopic (exact) mass is 313 g/mol. The SMILES string of the molecule is CCCc1ncncc1C(=O)N[C@@H](CCO)c1ccc(C)cc1. The molecule has 0 fully saturated rings. The molecule has 1 aromatic carbocycles. The van der Waals surface area contributed by atoms with Gasteiger partial charge in [0.15, 0.2) is 0 Å². The number of aliphatic hydroxyl groups excluding tert-OH is 1. The van der Waals surface area contributed by atoms with Crippen LogP contribution in [0.4, 0.5) is 0 Å². The topological polar surface area (TPSA) is 75.1 Å². The third kappa shape index (κ3) is 4.60. The summed E-state index contributed by atoms with van der Waals surface area (Å²) in [5, 5.41) is 12.3. The minimum absolute atomic E-state index is 0.00588. The van der Waals surface area contributed by atoms with Gasteiger partial charge in [-0.25, -0.2) is 9.97 Å². The van der Waals surface area contributed by atoms with Crippen molar-refractivity contribution in [2.75, 3.05) is 6.61 Å². The number of carbonyl (C=O) groups excluding carboxylic acids is 1. The Balaban J connectivity index is 2.19. The van der Waals surface area contributed by atoms with Crippen LogP contribution in [0.3, 0.4) is 0 Å². The fourth-order valence-electron chi connectivity index (χ4n) is 2.47. The van der Waals surface area contributed by atoms with Crippen LogP contribution >= 0.6 is 0 Å². The second-order valence-corrected chi connectivity index (χ2v) is 5.58. The summed E-state index contributed by atoms with van der Waals surface area (Å²) < 4.78 is 0. The number of hydrogen-bond donors (Lipinski definition) is 2. The van der Waals surface area contributed by atoms with Gasteiger partial charge in [-0.05, 0) is 25.3 Å². The third-order valence-electron chi connectivity index (χ3n) is 3.73. The first-order chi connectivity index (χ1) is 11.2. The molecule has 1 aromatic heterocycles. The van der Waals surface area contributed by atoms with Crippen LogP contribution < -0.4 is 5.32 Å². The van der Waals surface area contributed by atoms with Crippen molar-refractivity contribution >= 4 is 5.91 Å². The molecular weight excluding hydrogens is 290 g/mol. The maximum absolute atomic E-state index is 12.6. The van der Waals surface area contributed by atoms with Gasteiger partial charge in [-0.1, -0.05) is 43.2 Å². The summed E-state index contributed by atoms with van der Waals surface area (Å²) in [6, 6.07) is 7.72. The molecule has 122 valence electrons. The largest absolute Gasteiger partial charge is 0.396 e. The van der Waals surface area contributed by atoms with Crippen LogP contribution in [0.25, 0.3) is 0 Å². The lowest BCUT2D eigenvalue weighted by atomic mass is 10.0. The van der Waals surface area contributed by atoms with Crippen LogP contribution in [-0.4, -0.2) is 27.6 Å². The van der Waals surface area contributed by atoms with Crippen LogP contribution in [0.1, 0.15) is 53.0 Å². The Kier molecular flexibility index (Phi) is 6.23. The van der Waals surface area contributed by atoms with Crippen molar-refractivity contribution in [1.82, 2.24) is 15.3 Å². The van der Waals surface area contributed by atoms with Crippen molar-refractivity contribution < 1.29 is 9.90 Å². The zero-order valence-electron chi connectivity index (χ0n) is 13.6. The quantitative estimate of drug-likeness (QED) is 0.824. The first kappa shape index (κ1) is 17.1. The lowest BCUT2D eigenvalue weighted by molar-refractivity contribution is 0.0928. The fourth-order valence-corrected chi connectivity index (χ4v) is 2.47. The van der Waals surface area contributed by atoms with Crippen LogP contribution in [0.15, 0.2) is 36.8 Å². The van der Waals surface area contributed by atoms with Crippen molar-refractivity contribution in [2.45, 2.75) is 39.2 Å². The number of hydrogen-bond acceptors (Lipinski definition) is 4. The molecule has 2 aromatic rings. The summed E-state index contributed by atoms with van der Waals surface area (Å²) in [5.74, 6) is -0.201. The summed E-state index contributed by atoms with van der Waals surface area (Å²) in [7, 11) is 0. The van der Waals surface area contributed by atoms with Crippen molar-refractivity contribution in [3.63, 3.8) is 0 Å². The molecule has 0 aliphatic carbocycles. The molecule has 1 atom stereocenters. The second kappa shape index (κ2) is 8.39. The number of amides is 1. The van der Waals surface area contributed by atoms with E-state index in [-0.39, 0.29) is 18.6 Å². The Bertz CT molecular complexity index is 641. The Morgan fingerprint density at radius 3 is 2.70 bits per heavy atom. The van der Waals surface area contributed by atoms with Crippen molar-refractivity contribution in [2.24, 2.45) is 0 Å². The minimum Gasteiger partial charge on any atom is -0.396 e. The van der Waals surface area contributed by atoms with E-state index in [1.54, 1.807) is 6.20 Å². The van der Waals surface area contributed by atoms with E-state index in [1.165, 1.54) is 6.33 Å². The van der Waals surface area contributed by atoms with E-state index < -0.39 is 0 Å². The summed E-state index contributed by atoms with van der Waals surface area (Å²) >= 11 is 0. The van der Waals surface area contributed by atoms with E-state index >= 15 is 0 Å². The number of nitrogens with zero attached hydrogens (tertiary/aromatic N) is 2. The second-order valence-electron chi connectivity index (χ2n) is 5.58. The number of benzene rings is 1. The molecule has 0 unspecified atom stereocenters. The van der Waals surface area contributed by atoms with Gasteiger partial charge in [-0.2, -0.15) is 0 Å². The van der Waals surface area contributed by atoms with Crippen molar-refractivity contribution in [1.29, 1.82) is 0 Å². The fraction of sp³-hybridized carbons (Fsp3) is 0.389. The molecule has 0 spiro atoms. The molecule has 1 heterocycles. The van der Waals surface area contributed by atoms with Gasteiger partial charge in [0.25, 0.3) is 5.91 Å². The van der Waals surface area contributed by atoms with E-state index in [0.717, 1.165) is 29.7 Å². The molecule has 5 nitrogen and oxygen atoms in total. The predicted molar refractivity (Wildman–Crippen MR) is 89.1 cm³/mol. The van der Waals surface area contributed by atoms with Gasteiger partial charge in [0.2, 0.25) is 0 Å². The van der Waals surface area contributed by atoms with Gasteiger partial charge < -0.3 is 10.4 Å². The van der Waals surface area contributed by atoms with Gasteiger partial charge in [0.1, 0.15) is 6.33 Å². The molecule has 0 radical (unpaired) electrons. The maximum Gasteiger partial charge on any atom is 0.255 e. The van der Waals surface area contributed by atoms with Crippen LogP contribution in [-0.2, 0) is 6.42 Å². The molecule has 0 saturated heterocycles. The molecular formula is C18H23N3O2.